The van der Waals surface area contributed by atoms with Gasteiger partial charge in [0.15, 0.2) is 0 Å². The minimum atomic E-state index is 0.683. The highest BCUT2D eigenvalue weighted by atomic mass is 79.9. The third-order valence-electron chi connectivity index (χ3n) is 3.75. The third-order valence-corrected chi connectivity index (χ3v) is 4.78. The van der Waals surface area contributed by atoms with Crippen LogP contribution in [0.2, 0.25) is 0 Å². The van der Waals surface area contributed by atoms with E-state index in [1.165, 1.54) is 29.4 Å². The Morgan fingerprint density at radius 2 is 2.25 bits per heavy atom. The summed E-state index contributed by atoms with van der Waals surface area (Å²) in [6, 6.07) is 0.683. The Kier molecular flexibility index (Phi) is 3.70. The molecule has 0 aromatic carbocycles. The van der Waals surface area contributed by atoms with Gasteiger partial charge in [0.2, 0.25) is 0 Å². The van der Waals surface area contributed by atoms with E-state index in [-0.39, 0.29) is 0 Å². The van der Waals surface area contributed by atoms with Gasteiger partial charge >= 0.3 is 0 Å². The van der Waals surface area contributed by atoms with Gasteiger partial charge in [-0.1, -0.05) is 6.42 Å². The highest BCUT2D eigenvalue weighted by molar-refractivity contribution is 9.10. The molecule has 1 aromatic heterocycles. The van der Waals surface area contributed by atoms with Gasteiger partial charge in [-0.15, -0.1) is 0 Å². The summed E-state index contributed by atoms with van der Waals surface area (Å²) in [6.45, 7) is 2.05. The number of halogens is 1. The second-order valence-electron chi connectivity index (χ2n) is 4.76. The zero-order valence-corrected chi connectivity index (χ0v) is 11.8. The van der Waals surface area contributed by atoms with Crippen molar-refractivity contribution in [1.29, 1.82) is 0 Å². The van der Waals surface area contributed by atoms with Gasteiger partial charge in [-0.2, -0.15) is 5.10 Å². The molecule has 1 aromatic rings. The number of aromatic nitrogens is 2. The number of rotatable bonds is 3. The van der Waals surface area contributed by atoms with E-state index < -0.39 is 0 Å². The lowest BCUT2D eigenvalue weighted by Crippen LogP contribution is -2.30. The Morgan fingerprint density at radius 3 is 2.81 bits per heavy atom. The molecule has 4 heteroatoms. The number of hydrogen-bond donors (Lipinski definition) is 1. The maximum Gasteiger partial charge on any atom is 0.0738 e. The van der Waals surface area contributed by atoms with Gasteiger partial charge in [-0.05, 0) is 55.1 Å². The lowest BCUT2D eigenvalue weighted by molar-refractivity contribution is 0.413. The van der Waals surface area contributed by atoms with E-state index in [2.05, 4.69) is 40.3 Å². The number of hydrogen-bond acceptors (Lipinski definition) is 2. The summed E-state index contributed by atoms with van der Waals surface area (Å²) in [5.41, 5.74) is 2.43. The minimum Gasteiger partial charge on any atom is -0.317 e. The summed E-state index contributed by atoms with van der Waals surface area (Å²) < 4.78 is 3.21. The summed E-state index contributed by atoms with van der Waals surface area (Å²) >= 11 is 3.65. The van der Waals surface area contributed by atoms with Gasteiger partial charge in [-0.25, -0.2) is 0 Å². The first kappa shape index (κ1) is 12.1. The van der Waals surface area contributed by atoms with E-state index in [1.807, 2.05) is 11.7 Å². The molecule has 0 spiro atoms. The molecule has 0 radical (unpaired) electrons. The molecule has 1 fully saturated rings. The standard InChI is InChI=1S/C12H20BrN3/c1-8-12(13)11(16(3)15-8)7-9-5-4-6-10(9)14-2/h9-10,14H,4-7H2,1-3H3. The van der Waals surface area contributed by atoms with Gasteiger partial charge < -0.3 is 5.32 Å². The Bertz CT molecular complexity index is 373. The number of nitrogens with one attached hydrogen (secondary N) is 1. The van der Waals surface area contributed by atoms with Crippen molar-refractivity contribution in [2.24, 2.45) is 13.0 Å². The molecular weight excluding hydrogens is 266 g/mol. The van der Waals surface area contributed by atoms with Crippen molar-refractivity contribution < 1.29 is 0 Å². The number of aryl methyl sites for hydroxylation is 2. The highest BCUT2D eigenvalue weighted by Gasteiger charge is 2.27. The minimum absolute atomic E-state index is 0.683. The first-order valence-electron chi connectivity index (χ1n) is 5.98. The van der Waals surface area contributed by atoms with E-state index in [0.717, 1.165) is 18.0 Å². The smallest absolute Gasteiger partial charge is 0.0738 e. The summed E-state index contributed by atoms with van der Waals surface area (Å²) in [7, 11) is 4.11. The zero-order valence-electron chi connectivity index (χ0n) is 10.3. The topological polar surface area (TPSA) is 29.9 Å². The van der Waals surface area contributed by atoms with Crippen molar-refractivity contribution in [2.75, 3.05) is 7.05 Å². The average Bonchev–Trinajstić information content (AvgIpc) is 2.79. The van der Waals surface area contributed by atoms with Crippen LogP contribution in [0.1, 0.15) is 30.7 Å². The van der Waals surface area contributed by atoms with Crippen molar-refractivity contribution in [2.45, 2.75) is 38.6 Å². The molecule has 2 rings (SSSR count). The average molecular weight is 286 g/mol. The molecule has 1 N–H and O–H groups in total. The molecule has 0 bridgehead atoms. The molecule has 1 saturated carbocycles. The summed E-state index contributed by atoms with van der Waals surface area (Å²) in [5, 5.41) is 7.89. The predicted octanol–water partition coefficient (Wildman–Crippen LogP) is 2.42. The summed E-state index contributed by atoms with van der Waals surface area (Å²) in [4.78, 5) is 0. The van der Waals surface area contributed by atoms with Crippen LogP contribution in [0.5, 0.6) is 0 Å². The van der Waals surface area contributed by atoms with Crippen molar-refractivity contribution >= 4 is 15.9 Å². The Hall–Kier alpha value is -0.350. The second kappa shape index (κ2) is 4.88. The lowest BCUT2D eigenvalue weighted by Gasteiger charge is -2.19. The molecule has 90 valence electrons. The van der Waals surface area contributed by atoms with E-state index in [4.69, 9.17) is 0 Å². The zero-order chi connectivity index (χ0) is 11.7. The molecule has 1 aliphatic carbocycles. The van der Waals surface area contributed by atoms with Crippen molar-refractivity contribution in [3.8, 4) is 0 Å². The van der Waals surface area contributed by atoms with E-state index in [9.17, 15) is 0 Å². The fraction of sp³-hybridized carbons (Fsp3) is 0.750. The highest BCUT2D eigenvalue weighted by Crippen LogP contribution is 2.31. The van der Waals surface area contributed by atoms with Crippen molar-refractivity contribution in [1.82, 2.24) is 15.1 Å². The van der Waals surface area contributed by atoms with Crippen LogP contribution < -0.4 is 5.32 Å². The molecule has 2 unspecified atom stereocenters. The molecule has 0 saturated heterocycles. The van der Waals surface area contributed by atoms with Crippen LogP contribution in [0, 0.1) is 12.8 Å². The molecular formula is C12H20BrN3. The summed E-state index contributed by atoms with van der Waals surface area (Å²) in [6.07, 6.45) is 5.13. The first-order valence-corrected chi connectivity index (χ1v) is 6.78. The van der Waals surface area contributed by atoms with Crippen LogP contribution in [0.15, 0.2) is 4.47 Å². The molecule has 0 aliphatic heterocycles. The Morgan fingerprint density at radius 1 is 1.50 bits per heavy atom. The second-order valence-corrected chi connectivity index (χ2v) is 5.55. The molecule has 0 amide bonds. The SMILES string of the molecule is CNC1CCCC1Cc1c(Br)c(C)nn1C. The van der Waals surface area contributed by atoms with Crippen LogP contribution in [0.25, 0.3) is 0 Å². The quantitative estimate of drug-likeness (QED) is 0.925. The molecule has 1 heterocycles. The van der Waals surface area contributed by atoms with Gasteiger partial charge in [0.1, 0.15) is 0 Å². The largest absolute Gasteiger partial charge is 0.317 e. The van der Waals surface area contributed by atoms with Gasteiger partial charge in [-0.3, -0.25) is 4.68 Å². The first-order chi connectivity index (χ1) is 7.63. The Labute approximate surface area is 106 Å². The maximum atomic E-state index is 4.45. The van der Waals surface area contributed by atoms with E-state index in [0.29, 0.717) is 6.04 Å². The van der Waals surface area contributed by atoms with Gasteiger partial charge in [0.05, 0.1) is 15.9 Å². The third kappa shape index (κ3) is 2.18. The van der Waals surface area contributed by atoms with Crippen molar-refractivity contribution in [3.63, 3.8) is 0 Å². The monoisotopic (exact) mass is 285 g/mol. The maximum absolute atomic E-state index is 4.45. The normalized spacial score (nSPS) is 25.2. The predicted molar refractivity (Wildman–Crippen MR) is 69.5 cm³/mol. The van der Waals surface area contributed by atoms with Gasteiger partial charge in [0.25, 0.3) is 0 Å². The molecule has 1 aliphatic rings. The summed E-state index contributed by atoms with van der Waals surface area (Å²) in [5.74, 6) is 0.760. The molecule has 2 atom stereocenters. The Balaban J connectivity index is 2.14. The molecule has 16 heavy (non-hydrogen) atoms. The van der Waals surface area contributed by atoms with E-state index in [1.54, 1.807) is 0 Å². The lowest BCUT2D eigenvalue weighted by atomic mass is 9.97. The van der Waals surface area contributed by atoms with Crippen LogP contribution in [-0.2, 0) is 13.5 Å². The van der Waals surface area contributed by atoms with Crippen molar-refractivity contribution in [3.05, 3.63) is 15.9 Å². The number of nitrogens with zero attached hydrogens (tertiary/aromatic N) is 2. The fourth-order valence-corrected chi connectivity index (χ4v) is 3.31. The van der Waals surface area contributed by atoms with Crippen LogP contribution in [0.3, 0.4) is 0 Å². The fourth-order valence-electron chi connectivity index (χ4n) is 2.81. The van der Waals surface area contributed by atoms with Gasteiger partial charge in [0, 0.05) is 13.1 Å². The van der Waals surface area contributed by atoms with E-state index >= 15 is 0 Å². The van der Waals surface area contributed by atoms with Crippen LogP contribution in [0.4, 0.5) is 0 Å². The van der Waals surface area contributed by atoms with Crippen LogP contribution in [-0.4, -0.2) is 22.9 Å². The molecule has 3 nitrogen and oxygen atoms in total. The van der Waals surface area contributed by atoms with Crippen LogP contribution >= 0.6 is 15.9 Å².